The van der Waals surface area contributed by atoms with Gasteiger partial charge in [-0.15, -0.1) is 0 Å². The van der Waals surface area contributed by atoms with Gasteiger partial charge in [-0.25, -0.2) is 9.18 Å². The van der Waals surface area contributed by atoms with E-state index in [1.165, 1.54) is 28.2 Å². The Bertz CT molecular complexity index is 1320. The number of hydrogen-bond acceptors (Lipinski definition) is 6. The van der Waals surface area contributed by atoms with E-state index in [9.17, 15) is 23.6 Å². The Balaban J connectivity index is 1.85. The highest BCUT2D eigenvalue weighted by atomic mass is 19.1. The second-order valence-corrected chi connectivity index (χ2v) is 9.20. The number of carbonyl (C=O) groups is 3. The number of para-hydroxylation sites is 1. The van der Waals surface area contributed by atoms with Crippen LogP contribution >= 0.6 is 0 Å². The Hall–Kier alpha value is -4.21. The summed E-state index contributed by atoms with van der Waals surface area (Å²) in [4.78, 5) is 53.9. The number of carbonyl (C=O) groups excluding carboxylic acids is 3. The zero-order valence-electron chi connectivity index (χ0n) is 21.7. The van der Waals surface area contributed by atoms with Crippen molar-refractivity contribution >= 4 is 28.9 Å². The molecule has 3 amide bonds. The summed E-state index contributed by atoms with van der Waals surface area (Å²) in [7, 11) is 0. The predicted molar refractivity (Wildman–Crippen MR) is 140 cm³/mol. The molecule has 0 fully saturated rings. The third-order valence-electron chi connectivity index (χ3n) is 5.64. The summed E-state index contributed by atoms with van der Waals surface area (Å²) in [5.74, 6) is -1.40. The average Bonchev–Trinajstić information content (AvgIpc) is 2.89. The van der Waals surface area contributed by atoms with Crippen molar-refractivity contribution in [3.63, 3.8) is 0 Å². The molecule has 0 saturated heterocycles. The number of hydrogen-bond donors (Lipinski definition) is 1. The minimum absolute atomic E-state index is 0.0363. The Labute approximate surface area is 220 Å². The molecular formula is C28H32FN3O6. The lowest BCUT2D eigenvalue weighted by Gasteiger charge is -2.29. The van der Waals surface area contributed by atoms with Crippen LogP contribution in [0.3, 0.4) is 0 Å². The molecule has 3 aromatic rings. The molecule has 0 aliphatic carbocycles. The normalized spacial score (nSPS) is 10.9. The zero-order chi connectivity index (χ0) is 27.7. The van der Waals surface area contributed by atoms with Gasteiger partial charge in [-0.3, -0.25) is 14.4 Å². The summed E-state index contributed by atoms with van der Waals surface area (Å²) < 4.78 is 23.9. The minimum atomic E-state index is -0.591. The van der Waals surface area contributed by atoms with Gasteiger partial charge in [-0.05, 0) is 42.7 Å². The molecule has 0 radical (unpaired) electrons. The minimum Gasteiger partial charge on any atom is -0.465 e. The topological polar surface area (TPSA) is 109 Å². The quantitative estimate of drug-likeness (QED) is 0.383. The van der Waals surface area contributed by atoms with Crippen molar-refractivity contribution in [1.29, 1.82) is 0 Å². The second-order valence-electron chi connectivity index (χ2n) is 9.20. The maximum absolute atomic E-state index is 13.5. The molecule has 1 N–H and O–H groups in total. The summed E-state index contributed by atoms with van der Waals surface area (Å²) in [6, 6.07) is 11.9. The second kappa shape index (κ2) is 13.4. The van der Waals surface area contributed by atoms with Gasteiger partial charge in [-0.1, -0.05) is 38.1 Å². The SMILES string of the molecule is CCOC(=O)CNC(=O)N(CC(=O)N(Cc1ccc(F)cc1)Cc1coc2ccccc2c1=O)CC(C)C. The summed E-state index contributed by atoms with van der Waals surface area (Å²) in [5, 5.41) is 2.87. The number of nitrogens with one attached hydrogen (secondary N) is 1. The molecule has 1 aromatic heterocycles. The maximum Gasteiger partial charge on any atom is 0.325 e. The molecule has 1 heterocycles. The van der Waals surface area contributed by atoms with Gasteiger partial charge >= 0.3 is 12.0 Å². The fourth-order valence-electron chi connectivity index (χ4n) is 3.87. The van der Waals surface area contributed by atoms with E-state index >= 15 is 0 Å². The molecule has 0 bridgehead atoms. The summed E-state index contributed by atoms with van der Waals surface area (Å²) in [6.45, 7) is 5.26. The molecule has 0 atom stereocenters. The summed E-state index contributed by atoms with van der Waals surface area (Å²) >= 11 is 0. The van der Waals surface area contributed by atoms with Crippen molar-refractivity contribution in [2.24, 2.45) is 5.92 Å². The van der Waals surface area contributed by atoms with Crippen molar-refractivity contribution < 1.29 is 27.9 Å². The van der Waals surface area contributed by atoms with E-state index in [1.54, 1.807) is 43.3 Å². The van der Waals surface area contributed by atoms with Crippen LogP contribution in [-0.4, -0.2) is 53.9 Å². The molecule has 202 valence electrons. The molecule has 0 unspecified atom stereocenters. The highest BCUT2D eigenvalue weighted by Gasteiger charge is 2.24. The van der Waals surface area contributed by atoms with E-state index in [2.05, 4.69) is 5.32 Å². The van der Waals surface area contributed by atoms with E-state index < -0.39 is 23.7 Å². The standard InChI is InChI=1S/C28H32FN3O6/c1-4-37-26(34)13-30-28(36)32(14-19(2)3)17-25(33)31(15-20-9-11-22(29)12-10-20)16-21-18-38-24-8-6-5-7-23(24)27(21)35/h5-12,18-19H,4,13-17H2,1-3H3,(H,30,36). The Morgan fingerprint density at radius 1 is 1.03 bits per heavy atom. The van der Waals surface area contributed by atoms with Crippen molar-refractivity contribution in [2.75, 3.05) is 26.2 Å². The number of rotatable bonds is 11. The molecule has 9 nitrogen and oxygen atoms in total. The Morgan fingerprint density at radius 3 is 2.42 bits per heavy atom. The first-order valence-corrected chi connectivity index (χ1v) is 12.4. The number of nitrogens with zero attached hydrogens (tertiary/aromatic N) is 2. The molecule has 0 aliphatic rings. The highest BCUT2D eigenvalue weighted by molar-refractivity contribution is 5.86. The number of benzene rings is 2. The van der Waals surface area contributed by atoms with Crippen LogP contribution in [-0.2, 0) is 27.4 Å². The molecule has 0 aliphatic heterocycles. The summed E-state index contributed by atoms with van der Waals surface area (Å²) in [6.07, 6.45) is 1.33. The average molecular weight is 526 g/mol. The van der Waals surface area contributed by atoms with Crippen LogP contribution in [0.2, 0.25) is 0 Å². The highest BCUT2D eigenvalue weighted by Crippen LogP contribution is 2.15. The third kappa shape index (κ3) is 7.89. The van der Waals surface area contributed by atoms with Crippen LogP contribution in [0.1, 0.15) is 31.9 Å². The van der Waals surface area contributed by atoms with E-state index in [1.807, 2.05) is 13.8 Å². The summed E-state index contributed by atoms with van der Waals surface area (Å²) in [5.41, 5.74) is 1.07. The van der Waals surface area contributed by atoms with Crippen LogP contribution in [0.15, 0.2) is 64.0 Å². The lowest BCUT2D eigenvalue weighted by Crippen LogP contribution is -2.49. The largest absolute Gasteiger partial charge is 0.465 e. The van der Waals surface area contributed by atoms with Crippen LogP contribution < -0.4 is 10.7 Å². The molecule has 0 spiro atoms. The van der Waals surface area contributed by atoms with Crippen LogP contribution in [0.5, 0.6) is 0 Å². The van der Waals surface area contributed by atoms with Gasteiger partial charge in [0.15, 0.2) is 5.43 Å². The first-order chi connectivity index (χ1) is 18.2. The molecule has 3 rings (SSSR count). The third-order valence-corrected chi connectivity index (χ3v) is 5.64. The van der Waals surface area contributed by atoms with Crippen molar-refractivity contribution in [3.8, 4) is 0 Å². The number of amides is 3. The Morgan fingerprint density at radius 2 is 1.74 bits per heavy atom. The number of urea groups is 1. The smallest absolute Gasteiger partial charge is 0.325 e. The molecule has 10 heteroatoms. The number of ether oxygens (including phenoxy) is 1. The molecule has 0 saturated carbocycles. The first kappa shape index (κ1) is 28.4. The van der Waals surface area contributed by atoms with Crippen LogP contribution in [0.25, 0.3) is 11.0 Å². The van der Waals surface area contributed by atoms with Gasteiger partial charge < -0.3 is 24.3 Å². The number of fused-ring (bicyclic) bond motifs is 1. The van der Waals surface area contributed by atoms with E-state index in [0.29, 0.717) is 16.5 Å². The molecule has 2 aromatic carbocycles. The zero-order valence-corrected chi connectivity index (χ0v) is 21.7. The van der Waals surface area contributed by atoms with Crippen LogP contribution in [0, 0.1) is 11.7 Å². The van der Waals surface area contributed by atoms with Gasteiger partial charge in [0.25, 0.3) is 0 Å². The number of esters is 1. The maximum atomic E-state index is 13.5. The van der Waals surface area contributed by atoms with Crippen LogP contribution in [0.4, 0.5) is 9.18 Å². The monoisotopic (exact) mass is 525 g/mol. The Kier molecular flexibility index (Phi) is 9.98. The van der Waals surface area contributed by atoms with Gasteiger partial charge in [0.05, 0.1) is 30.4 Å². The first-order valence-electron chi connectivity index (χ1n) is 12.4. The van der Waals surface area contributed by atoms with E-state index in [4.69, 9.17) is 9.15 Å². The molecular weight excluding hydrogens is 493 g/mol. The van der Waals surface area contributed by atoms with Crippen molar-refractivity contribution in [1.82, 2.24) is 15.1 Å². The van der Waals surface area contributed by atoms with Gasteiger partial charge in [0.2, 0.25) is 5.91 Å². The number of halogens is 1. The van der Waals surface area contributed by atoms with E-state index in [0.717, 1.165) is 0 Å². The fourth-order valence-corrected chi connectivity index (χ4v) is 3.87. The van der Waals surface area contributed by atoms with Gasteiger partial charge in [0.1, 0.15) is 24.5 Å². The van der Waals surface area contributed by atoms with E-state index in [-0.39, 0.29) is 56.2 Å². The van der Waals surface area contributed by atoms with Crippen molar-refractivity contribution in [3.05, 3.63) is 82.0 Å². The van der Waals surface area contributed by atoms with Gasteiger partial charge in [-0.2, -0.15) is 0 Å². The lowest BCUT2D eigenvalue weighted by molar-refractivity contribution is -0.141. The van der Waals surface area contributed by atoms with Crippen molar-refractivity contribution in [2.45, 2.75) is 33.9 Å². The fraction of sp³-hybridized carbons (Fsp3) is 0.357. The lowest BCUT2D eigenvalue weighted by atomic mass is 10.1. The molecule has 38 heavy (non-hydrogen) atoms. The van der Waals surface area contributed by atoms with Gasteiger partial charge in [0, 0.05) is 13.1 Å². The predicted octanol–water partition coefficient (Wildman–Crippen LogP) is 3.69.